The average Bonchev–Trinajstić information content (AvgIpc) is 2.56. The standard InChI is InChI=1S/C18H29N3/c1-15(2)20-9-11-21(12-10-20)18-7-3-5-16(13-18)17-6-4-8-19-14-17/h3,5,7,13,15,17,19H,4,6,8-12,14H2,1-2H3. The third kappa shape index (κ3) is 3.58. The van der Waals surface area contributed by atoms with Gasteiger partial charge in [0.05, 0.1) is 0 Å². The maximum Gasteiger partial charge on any atom is 0.0369 e. The van der Waals surface area contributed by atoms with Gasteiger partial charge in [-0.05, 0) is 56.8 Å². The minimum atomic E-state index is 0.673. The van der Waals surface area contributed by atoms with Crippen molar-refractivity contribution in [3.05, 3.63) is 29.8 Å². The van der Waals surface area contributed by atoms with E-state index in [1.807, 2.05) is 0 Å². The van der Waals surface area contributed by atoms with Crippen LogP contribution >= 0.6 is 0 Å². The summed E-state index contributed by atoms with van der Waals surface area (Å²) in [7, 11) is 0. The third-order valence-electron chi connectivity index (χ3n) is 5.05. The second kappa shape index (κ2) is 6.80. The van der Waals surface area contributed by atoms with Crippen LogP contribution in [0.4, 0.5) is 5.69 Å². The zero-order valence-corrected chi connectivity index (χ0v) is 13.5. The largest absolute Gasteiger partial charge is 0.369 e. The molecule has 116 valence electrons. The van der Waals surface area contributed by atoms with Crippen LogP contribution in [0.25, 0.3) is 0 Å². The van der Waals surface area contributed by atoms with Gasteiger partial charge in [0.1, 0.15) is 0 Å². The van der Waals surface area contributed by atoms with E-state index in [-0.39, 0.29) is 0 Å². The van der Waals surface area contributed by atoms with Crippen molar-refractivity contribution in [2.24, 2.45) is 0 Å². The number of piperazine rings is 1. The first-order valence-electron chi connectivity index (χ1n) is 8.54. The molecule has 0 aromatic heterocycles. The van der Waals surface area contributed by atoms with E-state index in [2.05, 4.69) is 53.2 Å². The van der Waals surface area contributed by atoms with Gasteiger partial charge in [-0.1, -0.05) is 12.1 Å². The van der Waals surface area contributed by atoms with Crippen LogP contribution in [0, 0.1) is 0 Å². The molecule has 1 aromatic rings. The molecule has 0 radical (unpaired) electrons. The lowest BCUT2D eigenvalue weighted by Crippen LogP contribution is -2.48. The molecular formula is C18H29N3. The molecule has 0 amide bonds. The molecule has 0 aliphatic carbocycles. The molecule has 1 unspecified atom stereocenters. The molecule has 2 aliphatic heterocycles. The van der Waals surface area contributed by atoms with Crippen molar-refractivity contribution in [2.45, 2.75) is 38.6 Å². The third-order valence-corrected chi connectivity index (χ3v) is 5.05. The van der Waals surface area contributed by atoms with Gasteiger partial charge in [-0.15, -0.1) is 0 Å². The fraction of sp³-hybridized carbons (Fsp3) is 0.667. The fourth-order valence-electron chi connectivity index (χ4n) is 3.61. The molecule has 21 heavy (non-hydrogen) atoms. The molecule has 3 heteroatoms. The van der Waals surface area contributed by atoms with Crippen molar-refractivity contribution in [3.63, 3.8) is 0 Å². The molecule has 3 rings (SSSR count). The minimum absolute atomic E-state index is 0.673. The van der Waals surface area contributed by atoms with Crippen LogP contribution < -0.4 is 10.2 Å². The van der Waals surface area contributed by atoms with E-state index < -0.39 is 0 Å². The minimum Gasteiger partial charge on any atom is -0.369 e. The molecule has 1 N–H and O–H groups in total. The van der Waals surface area contributed by atoms with Crippen molar-refractivity contribution in [1.82, 2.24) is 10.2 Å². The van der Waals surface area contributed by atoms with E-state index in [0.29, 0.717) is 12.0 Å². The number of anilines is 1. The van der Waals surface area contributed by atoms with Crippen molar-refractivity contribution >= 4 is 5.69 Å². The SMILES string of the molecule is CC(C)N1CCN(c2cccc(C3CCCNC3)c2)CC1. The van der Waals surface area contributed by atoms with Crippen molar-refractivity contribution in [2.75, 3.05) is 44.2 Å². The summed E-state index contributed by atoms with van der Waals surface area (Å²) in [6.45, 7) is 11.6. The summed E-state index contributed by atoms with van der Waals surface area (Å²) >= 11 is 0. The molecule has 2 saturated heterocycles. The van der Waals surface area contributed by atoms with E-state index in [0.717, 1.165) is 19.6 Å². The summed E-state index contributed by atoms with van der Waals surface area (Å²) in [4.78, 5) is 5.13. The Labute approximate surface area is 129 Å². The predicted molar refractivity (Wildman–Crippen MR) is 90.2 cm³/mol. The van der Waals surface area contributed by atoms with Gasteiger partial charge in [-0.2, -0.15) is 0 Å². The zero-order chi connectivity index (χ0) is 14.7. The Morgan fingerprint density at radius 1 is 1.14 bits per heavy atom. The maximum atomic E-state index is 3.53. The molecule has 0 bridgehead atoms. The highest BCUT2D eigenvalue weighted by atomic mass is 15.3. The number of hydrogen-bond acceptors (Lipinski definition) is 3. The first kappa shape index (κ1) is 14.9. The topological polar surface area (TPSA) is 18.5 Å². The van der Waals surface area contributed by atoms with Crippen LogP contribution in [0.5, 0.6) is 0 Å². The lowest BCUT2D eigenvalue weighted by atomic mass is 9.91. The number of nitrogens with one attached hydrogen (secondary N) is 1. The van der Waals surface area contributed by atoms with Crippen LogP contribution in [-0.2, 0) is 0 Å². The smallest absolute Gasteiger partial charge is 0.0369 e. The van der Waals surface area contributed by atoms with Crippen LogP contribution in [0.1, 0.15) is 38.2 Å². The van der Waals surface area contributed by atoms with Crippen molar-refractivity contribution in [3.8, 4) is 0 Å². The number of hydrogen-bond donors (Lipinski definition) is 1. The van der Waals surface area contributed by atoms with Crippen molar-refractivity contribution < 1.29 is 0 Å². The lowest BCUT2D eigenvalue weighted by Gasteiger charge is -2.38. The Bertz CT molecular complexity index is 444. The van der Waals surface area contributed by atoms with Gasteiger partial charge in [0.15, 0.2) is 0 Å². The molecule has 2 fully saturated rings. The van der Waals surface area contributed by atoms with Gasteiger partial charge in [0, 0.05) is 44.5 Å². The molecule has 0 spiro atoms. The number of piperidine rings is 1. The van der Waals surface area contributed by atoms with E-state index in [9.17, 15) is 0 Å². The Morgan fingerprint density at radius 2 is 1.95 bits per heavy atom. The first-order valence-corrected chi connectivity index (χ1v) is 8.54. The summed E-state index contributed by atoms with van der Waals surface area (Å²) in [5, 5.41) is 3.53. The number of rotatable bonds is 3. The summed E-state index contributed by atoms with van der Waals surface area (Å²) in [6, 6.07) is 9.94. The lowest BCUT2D eigenvalue weighted by molar-refractivity contribution is 0.209. The number of benzene rings is 1. The molecular weight excluding hydrogens is 258 g/mol. The normalized spacial score (nSPS) is 24.5. The average molecular weight is 287 g/mol. The summed E-state index contributed by atoms with van der Waals surface area (Å²) < 4.78 is 0. The Balaban J connectivity index is 1.66. The summed E-state index contributed by atoms with van der Waals surface area (Å²) in [5.41, 5.74) is 2.94. The van der Waals surface area contributed by atoms with Gasteiger partial charge >= 0.3 is 0 Å². The number of nitrogens with zero attached hydrogens (tertiary/aromatic N) is 2. The molecule has 3 nitrogen and oxygen atoms in total. The van der Waals surface area contributed by atoms with Crippen LogP contribution in [0.15, 0.2) is 24.3 Å². The van der Waals surface area contributed by atoms with Crippen LogP contribution in [-0.4, -0.2) is 50.2 Å². The van der Waals surface area contributed by atoms with Gasteiger partial charge < -0.3 is 10.2 Å². The highest BCUT2D eigenvalue weighted by molar-refractivity contribution is 5.50. The Morgan fingerprint density at radius 3 is 2.62 bits per heavy atom. The highest BCUT2D eigenvalue weighted by Gasteiger charge is 2.20. The molecule has 1 atom stereocenters. The van der Waals surface area contributed by atoms with Gasteiger partial charge in [0.2, 0.25) is 0 Å². The fourth-order valence-corrected chi connectivity index (χ4v) is 3.61. The monoisotopic (exact) mass is 287 g/mol. The van der Waals surface area contributed by atoms with E-state index >= 15 is 0 Å². The van der Waals surface area contributed by atoms with Gasteiger partial charge in [-0.25, -0.2) is 0 Å². The Kier molecular flexibility index (Phi) is 4.81. The second-order valence-electron chi connectivity index (χ2n) is 6.76. The molecule has 0 saturated carbocycles. The zero-order valence-electron chi connectivity index (χ0n) is 13.5. The van der Waals surface area contributed by atoms with Gasteiger partial charge in [0.25, 0.3) is 0 Å². The summed E-state index contributed by atoms with van der Waals surface area (Å²) in [5.74, 6) is 0.704. The summed E-state index contributed by atoms with van der Waals surface area (Å²) in [6.07, 6.45) is 2.64. The van der Waals surface area contributed by atoms with Crippen molar-refractivity contribution in [1.29, 1.82) is 0 Å². The molecule has 2 heterocycles. The Hall–Kier alpha value is -1.06. The maximum absolute atomic E-state index is 3.53. The quantitative estimate of drug-likeness (QED) is 0.922. The highest BCUT2D eigenvalue weighted by Crippen LogP contribution is 2.27. The molecule has 1 aromatic carbocycles. The van der Waals surface area contributed by atoms with Crippen LogP contribution in [0.3, 0.4) is 0 Å². The van der Waals surface area contributed by atoms with E-state index in [4.69, 9.17) is 0 Å². The van der Waals surface area contributed by atoms with E-state index in [1.165, 1.54) is 43.7 Å². The van der Waals surface area contributed by atoms with Gasteiger partial charge in [-0.3, -0.25) is 4.90 Å². The first-order chi connectivity index (χ1) is 10.2. The predicted octanol–water partition coefficient (Wildman–Crippen LogP) is 2.68. The second-order valence-corrected chi connectivity index (χ2v) is 6.76. The van der Waals surface area contributed by atoms with E-state index in [1.54, 1.807) is 0 Å². The van der Waals surface area contributed by atoms with Crippen LogP contribution in [0.2, 0.25) is 0 Å². The molecule has 2 aliphatic rings.